The van der Waals surface area contributed by atoms with Crippen molar-refractivity contribution in [2.75, 3.05) is 6.54 Å². The summed E-state index contributed by atoms with van der Waals surface area (Å²) in [6.45, 7) is 4.42. The highest BCUT2D eigenvalue weighted by atomic mass is 16.1. The lowest BCUT2D eigenvalue weighted by Gasteiger charge is -2.29. The van der Waals surface area contributed by atoms with Crippen molar-refractivity contribution in [1.82, 2.24) is 10.3 Å². The SMILES string of the molecule is Cc1[nH]ccc1C(=O)NC(C)(CN)C1CC1. The van der Waals surface area contributed by atoms with Gasteiger partial charge in [0, 0.05) is 18.4 Å². The number of rotatable bonds is 4. The van der Waals surface area contributed by atoms with Crippen LogP contribution in [0.1, 0.15) is 35.8 Å². The van der Waals surface area contributed by atoms with Crippen LogP contribution in [-0.4, -0.2) is 23.0 Å². The fourth-order valence-electron chi connectivity index (χ4n) is 2.07. The van der Waals surface area contributed by atoms with E-state index in [1.54, 1.807) is 12.3 Å². The largest absolute Gasteiger partial charge is 0.365 e. The molecule has 1 amide bonds. The molecule has 1 aromatic heterocycles. The molecule has 1 fully saturated rings. The van der Waals surface area contributed by atoms with Gasteiger partial charge in [-0.25, -0.2) is 0 Å². The van der Waals surface area contributed by atoms with Gasteiger partial charge >= 0.3 is 0 Å². The van der Waals surface area contributed by atoms with Gasteiger partial charge in [0.2, 0.25) is 0 Å². The molecule has 88 valence electrons. The average molecular weight is 221 g/mol. The second-order valence-electron chi connectivity index (χ2n) is 4.87. The van der Waals surface area contributed by atoms with E-state index in [4.69, 9.17) is 5.73 Å². The Morgan fingerprint density at radius 3 is 2.81 bits per heavy atom. The summed E-state index contributed by atoms with van der Waals surface area (Å²) in [5.41, 5.74) is 7.12. The second kappa shape index (κ2) is 3.94. The first-order valence-corrected chi connectivity index (χ1v) is 5.73. The highest BCUT2D eigenvalue weighted by Crippen LogP contribution is 2.39. The molecule has 2 rings (SSSR count). The minimum Gasteiger partial charge on any atom is -0.365 e. The van der Waals surface area contributed by atoms with E-state index in [0.29, 0.717) is 18.0 Å². The molecule has 1 saturated carbocycles. The molecule has 1 heterocycles. The summed E-state index contributed by atoms with van der Waals surface area (Å²) in [4.78, 5) is 15.1. The Balaban J connectivity index is 2.09. The number of carbonyl (C=O) groups is 1. The van der Waals surface area contributed by atoms with Crippen molar-refractivity contribution < 1.29 is 4.79 Å². The number of nitrogens with one attached hydrogen (secondary N) is 2. The molecule has 0 radical (unpaired) electrons. The zero-order valence-electron chi connectivity index (χ0n) is 9.84. The van der Waals surface area contributed by atoms with Crippen molar-refractivity contribution in [2.24, 2.45) is 11.7 Å². The maximum absolute atomic E-state index is 12.0. The van der Waals surface area contributed by atoms with Gasteiger partial charge in [0.1, 0.15) is 0 Å². The van der Waals surface area contributed by atoms with E-state index in [2.05, 4.69) is 10.3 Å². The van der Waals surface area contributed by atoms with Crippen LogP contribution in [0.3, 0.4) is 0 Å². The Kier molecular flexibility index (Phi) is 2.76. The molecule has 4 N–H and O–H groups in total. The van der Waals surface area contributed by atoms with Crippen molar-refractivity contribution in [1.29, 1.82) is 0 Å². The van der Waals surface area contributed by atoms with Gasteiger partial charge in [-0.3, -0.25) is 4.79 Å². The number of hydrogen-bond acceptors (Lipinski definition) is 2. The van der Waals surface area contributed by atoms with Crippen molar-refractivity contribution in [3.63, 3.8) is 0 Å². The van der Waals surface area contributed by atoms with E-state index in [9.17, 15) is 4.79 Å². The molecule has 0 aromatic carbocycles. The summed E-state index contributed by atoms with van der Waals surface area (Å²) in [6.07, 6.45) is 4.11. The standard InChI is InChI=1S/C12H19N3O/c1-8-10(5-6-14-8)11(16)15-12(2,7-13)9-3-4-9/h5-6,9,14H,3-4,7,13H2,1-2H3,(H,15,16). The topological polar surface area (TPSA) is 70.9 Å². The Bertz CT molecular complexity index is 395. The smallest absolute Gasteiger partial charge is 0.253 e. The van der Waals surface area contributed by atoms with E-state index in [1.807, 2.05) is 13.8 Å². The van der Waals surface area contributed by atoms with Crippen LogP contribution in [0.4, 0.5) is 0 Å². The number of carbonyl (C=O) groups excluding carboxylic acids is 1. The second-order valence-corrected chi connectivity index (χ2v) is 4.87. The van der Waals surface area contributed by atoms with Gasteiger partial charge in [0.25, 0.3) is 5.91 Å². The lowest BCUT2D eigenvalue weighted by atomic mass is 9.95. The molecule has 4 heteroatoms. The first-order chi connectivity index (χ1) is 7.57. The molecule has 4 nitrogen and oxygen atoms in total. The Morgan fingerprint density at radius 2 is 2.38 bits per heavy atom. The number of nitrogens with two attached hydrogens (primary N) is 1. The van der Waals surface area contributed by atoms with Crippen LogP contribution in [0.25, 0.3) is 0 Å². The van der Waals surface area contributed by atoms with Crippen LogP contribution < -0.4 is 11.1 Å². The Hall–Kier alpha value is -1.29. The third kappa shape index (κ3) is 1.97. The molecule has 0 aliphatic heterocycles. The predicted molar refractivity (Wildman–Crippen MR) is 63.2 cm³/mol. The van der Waals surface area contributed by atoms with Gasteiger partial charge in [-0.15, -0.1) is 0 Å². The lowest BCUT2D eigenvalue weighted by molar-refractivity contribution is 0.0897. The van der Waals surface area contributed by atoms with Crippen LogP contribution in [-0.2, 0) is 0 Å². The normalized spacial score (nSPS) is 19.2. The minimum atomic E-state index is -0.249. The fourth-order valence-corrected chi connectivity index (χ4v) is 2.07. The zero-order chi connectivity index (χ0) is 11.8. The van der Waals surface area contributed by atoms with Crippen molar-refractivity contribution in [3.8, 4) is 0 Å². The van der Waals surface area contributed by atoms with E-state index in [-0.39, 0.29) is 11.4 Å². The monoisotopic (exact) mass is 221 g/mol. The van der Waals surface area contributed by atoms with Crippen LogP contribution in [0.5, 0.6) is 0 Å². The molecule has 0 saturated heterocycles. The van der Waals surface area contributed by atoms with Crippen LogP contribution in [0, 0.1) is 12.8 Å². The van der Waals surface area contributed by atoms with Crippen LogP contribution in [0.15, 0.2) is 12.3 Å². The third-order valence-corrected chi connectivity index (χ3v) is 3.50. The van der Waals surface area contributed by atoms with Crippen LogP contribution >= 0.6 is 0 Å². The number of aromatic nitrogens is 1. The van der Waals surface area contributed by atoms with E-state index in [1.165, 1.54) is 12.8 Å². The molecular formula is C12H19N3O. The van der Waals surface area contributed by atoms with Gasteiger partial charge < -0.3 is 16.0 Å². The molecule has 16 heavy (non-hydrogen) atoms. The number of aryl methyl sites for hydroxylation is 1. The summed E-state index contributed by atoms with van der Waals surface area (Å²) in [6, 6.07) is 1.80. The summed E-state index contributed by atoms with van der Waals surface area (Å²) < 4.78 is 0. The number of aromatic amines is 1. The Morgan fingerprint density at radius 1 is 1.69 bits per heavy atom. The van der Waals surface area contributed by atoms with Crippen molar-refractivity contribution in [2.45, 2.75) is 32.2 Å². The van der Waals surface area contributed by atoms with Gasteiger partial charge in [0.05, 0.1) is 11.1 Å². The highest BCUT2D eigenvalue weighted by molar-refractivity contribution is 5.95. The molecule has 1 aliphatic rings. The summed E-state index contributed by atoms with van der Waals surface area (Å²) in [7, 11) is 0. The van der Waals surface area contributed by atoms with E-state index < -0.39 is 0 Å². The predicted octanol–water partition coefficient (Wildman–Crippen LogP) is 1.18. The maximum Gasteiger partial charge on any atom is 0.253 e. The van der Waals surface area contributed by atoms with Gasteiger partial charge in [0.15, 0.2) is 0 Å². The molecule has 0 spiro atoms. The summed E-state index contributed by atoms with van der Waals surface area (Å²) in [5, 5.41) is 3.06. The molecule has 0 bridgehead atoms. The third-order valence-electron chi connectivity index (χ3n) is 3.50. The molecule has 1 atom stereocenters. The summed E-state index contributed by atoms with van der Waals surface area (Å²) in [5.74, 6) is 0.513. The van der Waals surface area contributed by atoms with Gasteiger partial charge in [-0.1, -0.05) is 0 Å². The molecule has 1 aliphatic carbocycles. The summed E-state index contributed by atoms with van der Waals surface area (Å²) >= 11 is 0. The first kappa shape index (κ1) is 11.2. The highest BCUT2D eigenvalue weighted by Gasteiger charge is 2.41. The van der Waals surface area contributed by atoms with E-state index >= 15 is 0 Å². The van der Waals surface area contributed by atoms with Gasteiger partial charge in [-0.05, 0) is 38.7 Å². The first-order valence-electron chi connectivity index (χ1n) is 5.73. The quantitative estimate of drug-likeness (QED) is 0.714. The molecule has 1 unspecified atom stereocenters. The van der Waals surface area contributed by atoms with Crippen molar-refractivity contribution >= 4 is 5.91 Å². The maximum atomic E-state index is 12.0. The fraction of sp³-hybridized carbons (Fsp3) is 0.583. The van der Waals surface area contributed by atoms with E-state index in [0.717, 1.165) is 5.69 Å². The average Bonchev–Trinajstić information content (AvgIpc) is 3.02. The molecular weight excluding hydrogens is 202 g/mol. The number of amides is 1. The minimum absolute atomic E-state index is 0.0291. The number of H-pyrrole nitrogens is 1. The van der Waals surface area contributed by atoms with Crippen molar-refractivity contribution in [3.05, 3.63) is 23.5 Å². The van der Waals surface area contributed by atoms with Gasteiger partial charge in [-0.2, -0.15) is 0 Å². The molecule has 1 aromatic rings. The number of hydrogen-bond donors (Lipinski definition) is 3. The Labute approximate surface area is 95.6 Å². The zero-order valence-corrected chi connectivity index (χ0v) is 9.84. The lowest BCUT2D eigenvalue weighted by Crippen LogP contribution is -2.53. The van der Waals surface area contributed by atoms with Crippen LogP contribution in [0.2, 0.25) is 0 Å².